The molecule has 1 aliphatic carbocycles. The lowest BCUT2D eigenvalue weighted by molar-refractivity contribution is 0.0284. The molecule has 17 heavy (non-hydrogen) atoms. The molecule has 1 saturated carbocycles. The van der Waals surface area contributed by atoms with Gasteiger partial charge >= 0.3 is 0 Å². The monoisotopic (exact) mass is 296 g/mol. The lowest BCUT2D eigenvalue weighted by atomic mass is 9.98. The molecule has 1 aromatic carbocycles. The van der Waals surface area contributed by atoms with Crippen molar-refractivity contribution in [3.63, 3.8) is 0 Å². The van der Waals surface area contributed by atoms with Crippen LogP contribution in [0.15, 0.2) is 28.7 Å². The highest BCUT2D eigenvalue weighted by atomic mass is 79.9. The molecule has 0 bridgehead atoms. The van der Waals surface area contributed by atoms with E-state index in [-0.39, 0.29) is 12.4 Å². The van der Waals surface area contributed by atoms with Crippen LogP contribution < -0.4 is 0 Å². The Kier molecular flexibility index (Phi) is 4.75. The Morgan fingerprint density at radius 2 is 2.06 bits per heavy atom. The number of carbonyl (C=O) groups excluding carboxylic acids is 1. The van der Waals surface area contributed by atoms with Gasteiger partial charge in [0.1, 0.15) is 6.61 Å². The summed E-state index contributed by atoms with van der Waals surface area (Å²) in [4.78, 5) is 11.9. The first-order valence-corrected chi connectivity index (χ1v) is 6.95. The summed E-state index contributed by atoms with van der Waals surface area (Å²) in [5.74, 6) is 0.0665. The van der Waals surface area contributed by atoms with Gasteiger partial charge in [-0.3, -0.25) is 4.79 Å². The minimum absolute atomic E-state index is 0.0665. The molecule has 0 amide bonds. The SMILES string of the molecule is O=C(COC1CCCCC1)c1cccc(Br)c1. The fourth-order valence-corrected chi connectivity index (χ4v) is 2.57. The first kappa shape index (κ1) is 12.8. The lowest BCUT2D eigenvalue weighted by Gasteiger charge is -2.21. The molecule has 1 aliphatic rings. The minimum Gasteiger partial charge on any atom is -0.370 e. The van der Waals surface area contributed by atoms with Crippen molar-refractivity contribution in [3.8, 4) is 0 Å². The molecule has 0 N–H and O–H groups in total. The molecule has 0 spiro atoms. The van der Waals surface area contributed by atoms with Crippen LogP contribution in [0.5, 0.6) is 0 Å². The molecule has 1 fully saturated rings. The van der Waals surface area contributed by atoms with Crippen LogP contribution in [-0.2, 0) is 4.74 Å². The standard InChI is InChI=1S/C14H17BrO2/c15-12-6-4-5-11(9-12)14(16)10-17-13-7-2-1-3-8-13/h4-6,9,13H,1-3,7-8,10H2. The molecule has 0 radical (unpaired) electrons. The lowest BCUT2D eigenvalue weighted by Crippen LogP contribution is -2.20. The molecule has 92 valence electrons. The molecule has 0 aromatic heterocycles. The summed E-state index contributed by atoms with van der Waals surface area (Å²) in [5, 5.41) is 0. The van der Waals surface area contributed by atoms with Crippen molar-refractivity contribution in [1.29, 1.82) is 0 Å². The smallest absolute Gasteiger partial charge is 0.188 e. The molecule has 0 unspecified atom stereocenters. The average Bonchev–Trinajstić information content (AvgIpc) is 2.37. The van der Waals surface area contributed by atoms with Crippen molar-refractivity contribution < 1.29 is 9.53 Å². The van der Waals surface area contributed by atoms with Crippen molar-refractivity contribution >= 4 is 21.7 Å². The largest absolute Gasteiger partial charge is 0.370 e. The first-order chi connectivity index (χ1) is 8.25. The highest BCUT2D eigenvalue weighted by Gasteiger charge is 2.15. The zero-order valence-corrected chi connectivity index (χ0v) is 11.4. The summed E-state index contributed by atoms with van der Waals surface area (Å²) in [7, 11) is 0. The Morgan fingerprint density at radius 3 is 2.76 bits per heavy atom. The molecule has 0 aliphatic heterocycles. The molecule has 0 saturated heterocycles. The van der Waals surface area contributed by atoms with E-state index in [2.05, 4.69) is 15.9 Å². The number of ketones is 1. The van der Waals surface area contributed by atoms with E-state index < -0.39 is 0 Å². The third-order valence-corrected chi connectivity index (χ3v) is 3.64. The maximum absolute atomic E-state index is 11.9. The summed E-state index contributed by atoms with van der Waals surface area (Å²) in [6.07, 6.45) is 6.27. The topological polar surface area (TPSA) is 26.3 Å². The summed E-state index contributed by atoms with van der Waals surface area (Å²) < 4.78 is 6.61. The van der Waals surface area contributed by atoms with E-state index in [4.69, 9.17) is 4.74 Å². The number of ether oxygens (including phenoxy) is 1. The highest BCUT2D eigenvalue weighted by Crippen LogP contribution is 2.20. The maximum Gasteiger partial charge on any atom is 0.188 e. The van der Waals surface area contributed by atoms with Gasteiger partial charge in [0, 0.05) is 10.0 Å². The van der Waals surface area contributed by atoms with Crippen molar-refractivity contribution in [2.45, 2.75) is 38.2 Å². The number of hydrogen-bond donors (Lipinski definition) is 0. The summed E-state index contributed by atoms with van der Waals surface area (Å²) >= 11 is 3.37. The molecular formula is C14H17BrO2. The van der Waals surface area contributed by atoms with Crippen molar-refractivity contribution in [2.24, 2.45) is 0 Å². The predicted octanol–water partition coefficient (Wildman–Crippen LogP) is 3.98. The Morgan fingerprint density at radius 1 is 1.29 bits per heavy atom. The van der Waals surface area contributed by atoms with E-state index in [1.807, 2.05) is 24.3 Å². The van der Waals surface area contributed by atoms with Crippen molar-refractivity contribution in [2.75, 3.05) is 6.61 Å². The van der Waals surface area contributed by atoms with Crippen molar-refractivity contribution in [1.82, 2.24) is 0 Å². The molecule has 0 heterocycles. The Bertz CT molecular complexity index is 384. The average molecular weight is 297 g/mol. The van der Waals surface area contributed by atoms with Gasteiger partial charge in [-0.15, -0.1) is 0 Å². The normalized spacial score (nSPS) is 17.0. The second-order valence-corrected chi connectivity index (χ2v) is 5.42. The second kappa shape index (κ2) is 6.31. The maximum atomic E-state index is 11.9. The summed E-state index contributed by atoms with van der Waals surface area (Å²) in [6.45, 7) is 0.209. The molecule has 2 nitrogen and oxygen atoms in total. The number of rotatable bonds is 4. The number of halogens is 1. The van der Waals surface area contributed by atoms with Crippen LogP contribution in [0, 0.1) is 0 Å². The number of carbonyl (C=O) groups is 1. The Hall–Kier alpha value is -0.670. The van der Waals surface area contributed by atoms with Gasteiger partial charge in [-0.05, 0) is 25.0 Å². The van der Waals surface area contributed by atoms with E-state index in [1.54, 1.807) is 0 Å². The van der Waals surface area contributed by atoms with E-state index in [9.17, 15) is 4.79 Å². The van der Waals surface area contributed by atoms with Gasteiger partial charge in [0.05, 0.1) is 6.10 Å². The fourth-order valence-electron chi connectivity index (χ4n) is 2.17. The molecule has 2 rings (SSSR count). The highest BCUT2D eigenvalue weighted by molar-refractivity contribution is 9.10. The van der Waals surface area contributed by atoms with Gasteiger partial charge in [0.2, 0.25) is 0 Å². The molecule has 1 aromatic rings. The number of Topliss-reactive ketones (excluding diaryl/α,β-unsaturated/α-hetero) is 1. The number of benzene rings is 1. The van der Waals surface area contributed by atoms with Crippen molar-refractivity contribution in [3.05, 3.63) is 34.3 Å². The molecule has 3 heteroatoms. The summed E-state index contributed by atoms with van der Waals surface area (Å²) in [6, 6.07) is 7.46. The molecular weight excluding hydrogens is 280 g/mol. The summed E-state index contributed by atoms with van der Waals surface area (Å²) in [5.41, 5.74) is 0.718. The van der Waals surface area contributed by atoms with Crippen LogP contribution in [0.2, 0.25) is 0 Å². The quantitative estimate of drug-likeness (QED) is 0.786. The number of hydrogen-bond acceptors (Lipinski definition) is 2. The third kappa shape index (κ3) is 3.93. The van der Waals surface area contributed by atoms with Crippen LogP contribution in [0.4, 0.5) is 0 Å². The Balaban J connectivity index is 1.84. The van der Waals surface area contributed by atoms with E-state index >= 15 is 0 Å². The zero-order valence-electron chi connectivity index (χ0n) is 9.82. The van der Waals surface area contributed by atoms with Crippen LogP contribution in [0.3, 0.4) is 0 Å². The van der Waals surface area contributed by atoms with Crippen LogP contribution in [-0.4, -0.2) is 18.5 Å². The van der Waals surface area contributed by atoms with E-state index in [0.717, 1.165) is 22.9 Å². The first-order valence-electron chi connectivity index (χ1n) is 6.16. The minimum atomic E-state index is 0.0665. The van der Waals surface area contributed by atoms with E-state index in [0.29, 0.717) is 6.10 Å². The van der Waals surface area contributed by atoms with Crippen LogP contribution in [0.25, 0.3) is 0 Å². The van der Waals surface area contributed by atoms with Gasteiger partial charge in [-0.1, -0.05) is 47.3 Å². The van der Waals surface area contributed by atoms with Crippen LogP contribution >= 0.6 is 15.9 Å². The van der Waals surface area contributed by atoms with Crippen LogP contribution in [0.1, 0.15) is 42.5 Å². The van der Waals surface area contributed by atoms with Gasteiger partial charge in [-0.25, -0.2) is 0 Å². The predicted molar refractivity (Wildman–Crippen MR) is 71.3 cm³/mol. The van der Waals surface area contributed by atoms with Gasteiger partial charge in [-0.2, -0.15) is 0 Å². The van der Waals surface area contributed by atoms with Gasteiger partial charge in [0.25, 0.3) is 0 Å². The third-order valence-electron chi connectivity index (χ3n) is 3.15. The zero-order chi connectivity index (χ0) is 12.1. The second-order valence-electron chi connectivity index (χ2n) is 4.50. The van der Waals surface area contributed by atoms with Gasteiger partial charge < -0.3 is 4.74 Å². The van der Waals surface area contributed by atoms with Gasteiger partial charge in [0.15, 0.2) is 5.78 Å². The molecule has 0 atom stereocenters. The fraction of sp³-hybridized carbons (Fsp3) is 0.500. The Labute approximate surface area is 110 Å². The van der Waals surface area contributed by atoms with E-state index in [1.165, 1.54) is 19.3 Å².